The van der Waals surface area contributed by atoms with Crippen LogP contribution >= 0.6 is 0 Å². The standard InChI is InChI=1S/3C11H19O2.C3H7NO.Er/c3*1-10(2,3)8(12)7-9(13)11(4,5)6;1-4(2)3-5;/h3*7H,1-6H3;3H,1-2H3;/q3*-1;;+3. The van der Waals surface area contributed by atoms with E-state index in [2.05, 4.69) is 0 Å². The van der Waals surface area contributed by atoms with Crippen molar-refractivity contribution in [3.8, 4) is 0 Å². The van der Waals surface area contributed by atoms with Crippen LogP contribution in [0.15, 0.2) is 0 Å². The van der Waals surface area contributed by atoms with Gasteiger partial charge in [0.1, 0.15) is 0 Å². The second kappa shape index (κ2) is 20.6. The first-order valence-electron chi connectivity index (χ1n) is 14.8. The van der Waals surface area contributed by atoms with Gasteiger partial charge in [-0.15, -0.1) is 0 Å². The van der Waals surface area contributed by atoms with Gasteiger partial charge in [-0.25, -0.2) is 0 Å². The minimum Gasteiger partial charge on any atom is -0.351 e. The van der Waals surface area contributed by atoms with Gasteiger partial charge >= 0.3 is 37.3 Å². The van der Waals surface area contributed by atoms with E-state index in [0.717, 1.165) is 6.41 Å². The van der Waals surface area contributed by atoms with Crippen LogP contribution in [0.1, 0.15) is 125 Å². The average Bonchev–Trinajstić information content (AvgIpc) is 2.76. The van der Waals surface area contributed by atoms with E-state index in [9.17, 15) is 33.6 Å². The van der Waals surface area contributed by atoms with Crippen LogP contribution in [0.4, 0.5) is 0 Å². The summed E-state index contributed by atoms with van der Waals surface area (Å²) in [5.41, 5.74) is -2.74. The van der Waals surface area contributed by atoms with Gasteiger partial charge in [-0.2, -0.15) is 0 Å². The van der Waals surface area contributed by atoms with Crippen molar-refractivity contribution < 1.29 is 70.9 Å². The normalized spacial score (nSPS) is 11.6. The largest absolute Gasteiger partial charge is 3.00 e. The van der Waals surface area contributed by atoms with Crippen molar-refractivity contribution in [2.24, 2.45) is 32.5 Å². The predicted octanol–water partition coefficient (Wildman–Crippen LogP) is 6.97. The molecule has 1 radical (unpaired) electrons. The average molecular weight is 790 g/mol. The quantitative estimate of drug-likeness (QED) is 0.155. The molecule has 45 heavy (non-hydrogen) atoms. The van der Waals surface area contributed by atoms with Gasteiger partial charge in [-0.3, -0.25) is 24.1 Å². The third kappa shape index (κ3) is 29.5. The fraction of sp³-hybridized carbons (Fsp3) is 0.722. The number of hydrogen-bond acceptors (Lipinski definition) is 7. The smallest absolute Gasteiger partial charge is 0.351 e. The molecule has 0 heterocycles. The molecule has 8 nitrogen and oxygen atoms in total. The van der Waals surface area contributed by atoms with Crippen molar-refractivity contribution in [3.63, 3.8) is 0 Å². The fourth-order valence-electron chi connectivity index (χ4n) is 1.66. The van der Waals surface area contributed by atoms with Crippen LogP contribution in [0.25, 0.3) is 0 Å². The fourth-order valence-corrected chi connectivity index (χ4v) is 1.66. The molecule has 9 heteroatoms. The Bertz CT molecular complexity index is 792. The zero-order chi connectivity index (χ0) is 36.9. The minimum absolute atomic E-state index is 0. The van der Waals surface area contributed by atoms with Gasteiger partial charge in [-0.1, -0.05) is 125 Å². The summed E-state index contributed by atoms with van der Waals surface area (Å²) in [4.78, 5) is 79.5. The van der Waals surface area contributed by atoms with Crippen molar-refractivity contribution in [2.75, 3.05) is 14.1 Å². The maximum Gasteiger partial charge on any atom is 3.00 e. The summed E-state index contributed by atoms with van der Waals surface area (Å²) in [6, 6.07) is 0. The number of ketones is 6. The Kier molecular flexibility index (Phi) is 24.1. The molecule has 0 aromatic heterocycles. The topological polar surface area (TPSA) is 123 Å². The van der Waals surface area contributed by atoms with Gasteiger partial charge in [0.15, 0.2) is 0 Å². The predicted molar refractivity (Wildman–Crippen MR) is 179 cm³/mol. The van der Waals surface area contributed by atoms with Crippen LogP contribution in [-0.4, -0.2) is 60.1 Å². The molecule has 0 unspecified atom stereocenters. The number of Topliss-reactive ketones (excluding diaryl/α,β-unsaturated/α-hetero) is 6. The van der Waals surface area contributed by atoms with E-state index in [4.69, 9.17) is 0 Å². The first-order valence-corrected chi connectivity index (χ1v) is 14.8. The first-order chi connectivity index (χ1) is 18.9. The van der Waals surface area contributed by atoms with E-state index in [-0.39, 0.29) is 72.0 Å². The third-order valence-electron chi connectivity index (χ3n) is 5.43. The summed E-state index contributed by atoms with van der Waals surface area (Å²) in [5.74, 6) is -0.625. The molecular weight excluding hydrogens is 726 g/mol. The Morgan fingerprint density at radius 3 is 0.511 bits per heavy atom. The van der Waals surface area contributed by atoms with Crippen LogP contribution in [0.5, 0.6) is 0 Å². The number of nitrogens with zero attached hydrogens (tertiary/aromatic N) is 1. The maximum absolute atomic E-state index is 11.4. The second-order valence-electron chi connectivity index (χ2n) is 17.2. The number of hydrogen-bond donors (Lipinski definition) is 0. The molecule has 0 N–H and O–H groups in total. The summed E-state index contributed by atoms with van der Waals surface area (Å²) in [6.07, 6.45) is 4.42. The zero-order valence-corrected chi connectivity index (χ0v) is 33.8. The molecule has 0 rings (SSSR count). The van der Waals surface area contributed by atoms with Crippen LogP contribution < -0.4 is 0 Å². The molecule has 0 bridgehead atoms. The molecule has 0 atom stereocenters. The van der Waals surface area contributed by atoms with Gasteiger partial charge in [0.05, 0.1) is 0 Å². The minimum atomic E-state index is -0.457. The van der Waals surface area contributed by atoms with Crippen molar-refractivity contribution in [3.05, 3.63) is 19.3 Å². The molecule has 0 aromatic carbocycles. The molecule has 0 aliphatic rings. The Balaban J connectivity index is -0.000000163. The molecule has 0 fully saturated rings. The molecule has 0 aliphatic carbocycles. The SMILES string of the molecule is CC(C)(C)C(=O)[CH-]C(=O)C(C)(C)C.CC(C)(C)C(=O)[CH-]C(=O)C(C)(C)C.CC(C)(C)C(=O)[CH-]C(=O)C(C)(C)C.CN(C)C=O.[Er+3]. The Labute approximate surface area is 305 Å². The number of carbonyl (C=O) groups excluding carboxylic acids is 7. The molecule has 0 saturated carbocycles. The zero-order valence-electron chi connectivity index (χ0n) is 31.9. The maximum atomic E-state index is 11.4. The Morgan fingerprint density at radius 2 is 0.467 bits per heavy atom. The van der Waals surface area contributed by atoms with Gasteiger partial charge in [0.25, 0.3) is 0 Å². The van der Waals surface area contributed by atoms with E-state index in [0.29, 0.717) is 0 Å². The summed E-state index contributed by atoms with van der Waals surface area (Å²) in [7, 11) is 3.38. The Hall–Kier alpha value is -1.65. The van der Waals surface area contributed by atoms with Gasteiger partial charge < -0.3 is 33.7 Å². The van der Waals surface area contributed by atoms with E-state index >= 15 is 0 Å². The monoisotopic (exact) mass is 788 g/mol. The van der Waals surface area contributed by atoms with Crippen LogP contribution in [0.3, 0.4) is 0 Å². The van der Waals surface area contributed by atoms with E-state index in [1.165, 1.54) is 24.2 Å². The molecule has 0 aromatic rings. The van der Waals surface area contributed by atoms with Crippen LogP contribution in [0.2, 0.25) is 0 Å². The van der Waals surface area contributed by atoms with Crippen molar-refractivity contribution in [1.82, 2.24) is 4.90 Å². The van der Waals surface area contributed by atoms with E-state index < -0.39 is 32.5 Å². The van der Waals surface area contributed by atoms with E-state index in [1.54, 1.807) is 14.1 Å². The van der Waals surface area contributed by atoms with Crippen molar-refractivity contribution >= 4 is 41.1 Å². The van der Waals surface area contributed by atoms with Crippen molar-refractivity contribution in [1.29, 1.82) is 0 Å². The molecule has 0 aliphatic heterocycles. The molecule has 0 saturated heterocycles. The third-order valence-corrected chi connectivity index (χ3v) is 5.43. The van der Waals surface area contributed by atoms with Gasteiger partial charge in [0, 0.05) is 48.8 Å². The summed E-state index contributed by atoms with van der Waals surface area (Å²) in [6.45, 7) is 32.5. The number of carbonyl (C=O) groups is 7. The second-order valence-corrected chi connectivity index (χ2v) is 17.2. The number of amides is 1. The van der Waals surface area contributed by atoms with Gasteiger partial charge in [-0.05, 0) is 32.5 Å². The molecule has 1 amide bonds. The summed E-state index contributed by atoms with van der Waals surface area (Å²) in [5, 5.41) is 0. The Morgan fingerprint density at radius 1 is 0.378 bits per heavy atom. The van der Waals surface area contributed by atoms with Crippen LogP contribution in [-0.2, 0) is 33.6 Å². The van der Waals surface area contributed by atoms with Crippen molar-refractivity contribution in [2.45, 2.75) is 125 Å². The van der Waals surface area contributed by atoms with Crippen LogP contribution in [0, 0.1) is 89.1 Å². The molecular formula is C36H64ErNO7. The van der Waals surface area contributed by atoms with Gasteiger partial charge in [0.2, 0.25) is 6.41 Å². The molecule has 267 valence electrons. The van der Waals surface area contributed by atoms with E-state index in [1.807, 2.05) is 125 Å². The summed E-state index contributed by atoms with van der Waals surface area (Å²) >= 11 is 0. The first kappa shape index (κ1) is 52.9. The summed E-state index contributed by atoms with van der Waals surface area (Å²) < 4.78 is 0. The molecule has 0 spiro atoms. The number of rotatable bonds is 7.